The maximum atomic E-state index is 6.05. The molecule has 0 saturated heterocycles. The van der Waals surface area contributed by atoms with Crippen LogP contribution in [0.3, 0.4) is 0 Å². The van der Waals surface area contributed by atoms with E-state index < -0.39 is 0 Å². The SMILES string of the molecule is CC/C=C1\CC(CC)CC1(C)c1ccc(OCc2cc(C)cc(C)c2)cc1. The van der Waals surface area contributed by atoms with Gasteiger partial charge in [-0.2, -0.15) is 0 Å². The van der Waals surface area contributed by atoms with Gasteiger partial charge in [0.2, 0.25) is 0 Å². The van der Waals surface area contributed by atoms with Gasteiger partial charge in [-0.15, -0.1) is 0 Å². The molecule has 1 saturated carbocycles. The summed E-state index contributed by atoms with van der Waals surface area (Å²) in [5.74, 6) is 1.76. The zero-order valence-electron chi connectivity index (χ0n) is 17.6. The Morgan fingerprint density at radius 2 is 1.70 bits per heavy atom. The number of ether oxygens (including phenoxy) is 1. The molecule has 2 unspecified atom stereocenters. The van der Waals surface area contributed by atoms with E-state index in [0.29, 0.717) is 6.61 Å². The van der Waals surface area contributed by atoms with E-state index in [-0.39, 0.29) is 5.41 Å². The third-order valence-electron chi connectivity index (χ3n) is 6.12. The fourth-order valence-electron chi connectivity index (χ4n) is 4.70. The minimum absolute atomic E-state index is 0.183. The van der Waals surface area contributed by atoms with Gasteiger partial charge < -0.3 is 4.74 Å². The Morgan fingerprint density at radius 3 is 2.30 bits per heavy atom. The molecule has 0 heterocycles. The Labute approximate surface area is 165 Å². The van der Waals surface area contributed by atoms with E-state index in [9.17, 15) is 0 Å². The summed E-state index contributed by atoms with van der Waals surface area (Å²) < 4.78 is 6.05. The van der Waals surface area contributed by atoms with Crippen molar-refractivity contribution in [3.8, 4) is 5.75 Å². The Balaban J connectivity index is 1.73. The van der Waals surface area contributed by atoms with Gasteiger partial charge in [-0.25, -0.2) is 0 Å². The molecule has 1 aliphatic rings. The van der Waals surface area contributed by atoms with Crippen LogP contribution in [-0.2, 0) is 12.0 Å². The summed E-state index contributed by atoms with van der Waals surface area (Å²) in [7, 11) is 0. The number of rotatable bonds is 6. The largest absolute Gasteiger partial charge is 0.489 e. The number of allylic oxidation sites excluding steroid dienone is 2. The molecule has 0 radical (unpaired) electrons. The van der Waals surface area contributed by atoms with Crippen LogP contribution in [0.5, 0.6) is 5.75 Å². The first-order chi connectivity index (χ1) is 12.9. The second-order valence-electron chi connectivity index (χ2n) is 8.46. The van der Waals surface area contributed by atoms with Crippen LogP contribution >= 0.6 is 0 Å². The standard InChI is InChI=1S/C26H34O/c1-6-8-24-16-21(7-2)17-26(24,5)23-9-11-25(12-10-23)27-18-22-14-19(3)13-20(4)15-22/h8-15,21H,6-7,16-18H2,1-5H3/b24-8+. The first-order valence-corrected chi connectivity index (χ1v) is 10.4. The molecular formula is C26H34O. The second-order valence-corrected chi connectivity index (χ2v) is 8.46. The highest BCUT2D eigenvalue weighted by molar-refractivity contribution is 5.41. The molecule has 2 atom stereocenters. The van der Waals surface area contributed by atoms with Gasteiger partial charge >= 0.3 is 0 Å². The molecule has 0 aromatic heterocycles. The lowest BCUT2D eigenvalue weighted by molar-refractivity contribution is 0.306. The summed E-state index contributed by atoms with van der Waals surface area (Å²) in [4.78, 5) is 0. The van der Waals surface area contributed by atoms with Gasteiger partial charge in [0.15, 0.2) is 0 Å². The molecule has 1 nitrogen and oxygen atoms in total. The number of benzene rings is 2. The van der Waals surface area contributed by atoms with Crippen LogP contribution in [0.1, 0.15) is 68.7 Å². The maximum Gasteiger partial charge on any atom is 0.119 e. The van der Waals surface area contributed by atoms with E-state index in [4.69, 9.17) is 4.74 Å². The number of hydrogen-bond acceptors (Lipinski definition) is 1. The molecule has 1 fully saturated rings. The summed E-state index contributed by atoms with van der Waals surface area (Å²) in [6.45, 7) is 11.9. The summed E-state index contributed by atoms with van der Waals surface area (Å²) in [5.41, 5.74) is 7.05. The molecule has 2 aromatic carbocycles. The van der Waals surface area contributed by atoms with Crippen LogP contribution in [-0.4, -0.2) is 0 Å². The Morgan fingerprint density at radius 1 is 1.04 bits per heavy atom. The van der Waals surface area contributed by atoms with Crippen LogP contribution in [0.4, 0.5) is 0 Å². The van der Waals surface area contributed by atoms with Gasteiger partial charge in [0.05, 0.1) is 0 Å². The van der Waals surface area contributed by atoms with E-state index in [2.05, 4.69) is 83.2 Å². The molecule has 27 heavy (non-hydrogen) atoms. The fourth-order valence-corrected chi connectivity index (χ4v) is 4.70. The molecule has 0 N–H and O–H groups in total. The molecule has 3 rings (SSSR count). The first kappa shape index (κ1) is 19.7. The topological polar surface area (TPSA) is 9.23 Å². The lowest BCUT2D eigenvalue weighted by atomic mass is 9.77. The Kier molecular flexibility index (Phi) is 6.09. The monoisotopic (exact) mass is 362 g/mol. The van der Waals surface area contributed by atoms with Crippen molar-refractivity contribution in [2.24, 2.45) is 5.92 Å². The number of aryl methyl sites for hydroxylation is 2. The zero-order valence-corrected chi connectivity index (χ0v) is 17.6. The quantitative estimate of drug-likeness (QED) is 0.490. The Hall–Kier alpha value is -2.02. The predicted octanol–water partition coefficient (Wildman–Crippen LogP) is 7.30. The van der Waals surface area contributed by atoms with Gasteiger partial charge in [0.1, 0.15) is 12.4 Å². The summed E-state index contributed by atoms with van der Waals surface area (Å²) in [6, 6.07) is 15.4. The molecule has 1 aliphatic carbocycles. The van der Waals surface area contributed by atoms with Crippen molar-refractivity contribution in [1.82, 2.24) is 0 Å². The van der Waals surface area contributed by atoms with Crippen molar-refractivity contribution < 1.29 is 4.74 Å². The average Bonchev–Trinajstić information content (AvgIpc) is 2.97. The van der Waals surface area contributed by atoms with Gasteiger partial charge in [-0.1, -0.05) is 80.3 Å². The minimum atomic E-state index is 0.183. The van der Waals surface area contributed by atoms with Crippen LogP contribution in [0.15, 0.2) is 54.1 Å². The highest BCUT2D eigenvalue weighted by atomic mass is 16.5. The fraction of sp³-hybridized carbons (Fsp3) is 0.462. The maximum absolute atomic E-state index is 6.05. The van der Waals surface area contributed by atoms with Crippen LogP contribution in [0.25, 0.3) is 0 Å². The van der Waals surface area contributed by atoms with Crippen LogP contribution in [0.2, 0.25) is 0 Å². The zero-order chi connectivity index (χ0) is 19.4. The molecular weight excluding hydrogens is 328 g/mol. The van der Waals surface area contributed by atoms with E-state index in [1.807, 2.05) is 0 Å². The van der Waals surface area contributed by atoms with Crippen LogP contribution < -0.4 is 4.74 Å². The minimum Gasteiger partial charge on any atom is -0.489 e. The molecule has 0 bridgehead atoms. The summed E-state index contributed by atoms with van der Waals surface area (Å²) in [5, 5.41) is 0. The summed E-state index contributed by atoms with van der Waals surface area (Å²) >= 11 is 0. The number of hydrogen-bond donors (Lipinski definition) is 0. The van der Waals surface area contributed by atoms with Crippen LogP contribution in [0, 0.1) is 19.8 Å². The van der Waals surface area contributed by atoms with Crippen molar-refractivity contribution in [3.63, 3.8) is 0 Å². The molecule has 0 spiro atoms. The third-order valence-corrected chi connectivity index (χ3v) is 6.12. The highest BCUT2D eigenvalue weighted by Gasteiger charge is 2.39. The molecule has 0 aliphatic heterocycles. The first-order valence-electron chi connectivity index (χ1n) is 10.4. The van der Waals surface area contributed by atoms with Crippen molar-refractivity contribution in [2.45, 2.75) is 72.3 Å². The lowest BCUT2D eigenvalue weighted by Gasteiger charge is -2.27. The predicted molar refractivity (Wildman–Crippen MR) is 115 cm³/mol. The molecule has 0 amide bonds. The third kappa shape index (κ3) is 4.46. The normalized spacial score (nSPS) is 23.7. The van der Waals surface area contributed by atoms with Gasteiger partial charge in [-0.3, -0.25) is 0 Å². The van der Waals surface area contributed by atoms with E-state index in [0.717, 1.165) is 18.1 Å². The second kappa shape index (κ2) is 8.33. The molecule has 2 aromatic rings. The van der Waals surface area contributed by atoms with Crippen molar-refractivity contribution >= 4 is 0 Å². The molecule has 144 valence electrons. The summed E-state index contributed by atoms with van der Waals surface area (Å²) in [6.07, 6.45) is 7.37. The van der Waals surface area contributed by atoms with E-state index >= 15 is 0 Å². The van der Waals surface area contributed by atoms with Gasteiger partial charge in [-0.05, 0) is 62.3 Å². The molecule has 1 heteroatoms. The van der Waals surface area contributed by atoms with Crippen molar-refractivity contribution in [3.05, 3.63) is 76.4 Å². The van der Waals surface area contributed by atoms with E-state index in [1.165, 1.54) is 41.5 Å². The highest BCUT2D eigenvalue weighted by Crippen LogP contribution is 2.49. The van der Waals surface area contributed by atoms with Gasteiger partial charge in [0.25, 0.3) is 0 Å². The Bertz CT molecular complexity index is 779. The smallest absolute Gasteiger partial charge is 0.119 e. The van der Waals surface area contributed by atoms with Crippen molar-refractivity contribution in [1.29, 1.82) is 0 Å². The van der Waals surface area contributed by atoms with Crippen molar-refractivity contribution in [2.75, 3.05) is 0 Å². The average molecular weight is 363 g/mol. The lowest BCUT2D eigenvalue weighted by Crippen LogP contribution is -2.20. The van der Waals surface area contributed by atoms with E-state index in [1.54, 1.807) is 5.57 Å². The van der Waals surface area contributed by atoms with Gasteiger partial charge in [0, 0.05) is 5.41 Å².